The number of anilines is 1. The summed E-state index contributed by atoms with van der Waals surface area (Å²) in [5.41, 5.74) is 1.09. The molecule has 1 aromatic carbocycles. The van der Waals surface area contributed by atoms with E-state index in [4.69, 9.17) is 0 Å². The second-order valence-corrected chi connectivity index (χ2v) is 5.50. The Hall–Kier alpha value is -3.07. The van der Waals surface area contributed by atoms with Gasteiger partial charge in [0, 0.05) is 17.1 Å². The zero-order valence-electron chi connectivity index (χ0n) is 11.7. The van der Waals surface area contributed by atoms with Gasteiger partial charge in [-0.15, -0.1) is 11.3 Å². The van der Waals surface area contributed by atoms with Crippen LogP contribution in [0, 0.1) is 10.1 Å². The summed E-state index contributed by atoms with van der Waals surface area (Å²) in [7, 11) is 0. The highest BCUT2D eigenvalue weighted by atomic mass is 32.1. The van der Waals surface area contributed by atoms with E-state index >= 15 is 0 Å². The minimum absolute atomic E-state index is 0.0882. The molecule has 0 radical (unpaired) electrons. The van der Waals surface area contributed by atoms with Gasteiger partial charge in [0.2, 0.25) is 0 Å². The van der Waals surface area contributed by atoms with Crippen molar-refractivity contribution in [1.82, 2.24) is 14.8 Å². The molecule has 1 amide bonds. The molecule has 2 aromatic heterocycles. The Morgan fingerprint density at radius 2 is 2.22 bits per heavy atom. The van der Waals surface area contributed by atoms with E-state index in [1.165, 1.54) is 28.4 Å². The average molecular weight is 329 g/mol. The lowest BCUT2D eigenvalue weighted by Crippen LogP contribution is -2.15. The zero-order valence-corrected chi connectivity index (χ0v) is 12.6. The number of benzene rings is 1. The number of hydrogen-bond donors (Lipinski definition) is 1. The molecule has 8 nitrogen and oxygen atoms in total. The van der Waals surface area contributed by atoms with Crippen LogP contribution >= 0.6 is 11.3 Å². The van der Waals surface area contributed by atoms with Crippen molar-refractivity contribution in [1.29, 1.82) is 0 Å². The van der Waals surface area contributed by atoms with Crippen molar-refractivity contribution in [3.63, 3.8) is 0 Å². The standard InChI is InChI=1S/C14H11N5O3S/c20-13(17-14-15-5-6-23-14)12-4-2-1-3-10(12)8-18-9-11(7-16-18)19(21)22/h1-7,9H,8H2,(H,15,17,20). The predicted molar refractivity (Wildman–Crippen MR) is 84.5 cm³/mol. The number of nitrogens with zero attached hydrogens (tertiary/aromatic N) is 4. The highest BCUT2D eigenvalue weighted by Crippen LogP contribution is 2.17. The van der Waals surface area contributed by atoms with Gasteiger partial charge in [0.1, 0.15) is 12.4 Å². The Labute approximate surface area is 134 Å². The first-order chi connectivity index (χ1) is 11.1. The van der Waals surface area contributed by atoms with Crippen LogP contribution in [0.3, 0.4) is 0 Å². The summed E-state index contributed by atoms with van der Waals surface area (Å²) in [5, 5.41) is 19.6. The molecule has 23 heavy (non-hydrogen) atoms. The second kappa shape index (κ2) is 6.36. The maximum atomic E-state index is 12.4. The van der Waals surface area contributed by atoms with Gasteiger partial charge in [-0.25, -0.2) is 4.98 Å². The van der Waals surface area contributed by atoms with Crippen molar-refractivity contribution in [3.05, 3.63) is 69.5 Å². The van der Waals surface area contributed by atoms with Crippen molar-refractivity contribution in [3.8, 4) is 0 Å². The molecule has 3 rings (SSSR count). The quantitative estimate of drug-likeness (QED) is 0.572. The van der Waals surface area contributed by atoms with Gasteiger partial charge in [-0.3, -0.25) is 24.9 Å². The van der Waals surface area contributed by atoms with E-state index in [1.54, 1.807) is 35.8 Å². The Bertz CT molecular complexity index is 844. The number of nitro groups is 1. The largest absolute Gasteiger partial charge is 0.307 e. The average Bonchev–Trinajstić information content (AvgIpc) is 3.19. The Balaban J connectivity index is 1.82. The van der Waals surface area contributed by atoms with E-state index in [-0.39, 0.29) is 18.1 Å². The van der Waals surface area contributed by atoms with Crippen molar-refractivity contribution in [2.45, 2.75) is 6.54 Å². The summed E-state index contributed by atoms with van der Waals surface area (Å²) in [6.45, 7) is 0.259. The first-order valence-electron chi connectivity index (χ1n) is 6.59. The number of amides is 1. The van der Waals surface area contributed by atoms with E-state index in [9.17, 15) is 14.9 Å². The third-order valence-electron chi connectivity index (χ3n) is 3.08. The maximum Gasteiger partial charge on any atom is 0.307 e. The lowest BCUT2D eigenvalue weighted by molar-refractivity contribution is -0.385. The van der Waals surface area contributed by atoms with E-state index in [0.29, 0.717) is 16.3 Å². The van der Waals surface area contributed by atoms with E-state index in [0.717, 1.165) is 0 Å². The number of thiazole rings is 1. The fourth-order valence-electron chi connectivity index (χ4n) is 2.04. The topological polar surface area (TPSA) is 103 Å². The first-order valence-corrected chi connectivity index (χ1v) is 7.47. The molecule has 2 heterocycles. The van der Waals surface area contributed by atoms with Crippen LogP contribution in [0.4, 0.5) is 10.8 Å². The molecule has 3 aromatic rings. The van der Waals surface area contributed by atoms with Gasteiger partial charge in [0.25, 0.3) is 5.91 Å². The minimum Gasteiger partial charge on any atom is -0.298 e. The third kappa shape index (κ3) is 3.40. The van der Waals surface area contributed by atoms with Crippen LogP contribution in [-0.2, 0) is 6.54 Å². The summed E-state index contributed by atoms with van der Waals surface area (Å²) < 4.78 is 1.42. The van der Waals surface area contributed by atoms with E-state index in [1.807, 2.05) is 0 Å². The molecule has 0 fully saturated rings. The molecule has 0 bridgehead atoms. The maximum absolute atomic E-state index is 12.4. The normalized spacial score (nSPS) is 10.4. The monoisotopic (exact) mass is 329 g/mol. The molecule has 0 atom stereocenters. The van der Waals surface area contributed by atoms with Gasteiger partial charge in [-0.2, -0.15) is 5.10 Å². The summed E-state index contributed by atoms with van der Waals surface area (Å²) >= 11 is 1.33. The lowest BCUT2D eigenvalue weighted by Gasteiger charge is -2.08. The number of aromatic nitrogens is 3. The third-order valence-corrected chi connectivity index (χ3v) is 3.77. The van der Waals surface area contributed by atoms with Crippen molar-refractivity contribution >= 4 is 28.1 Å². The fraction of sp³-hybridized carbons (Fsp3) is 0.0714. The number of nitrogens with one attached hydrogen (secondary N) is 1. The molecule has 116 valence electrons. The Morgan fingerprint density at radius 1 is 1.39 bits per heavy atom. The van der Waals surface area contributed by atoms with Crippen LogP contribution in [0.15, 0.2) is 48.2 Å². The molecular formula is C14H11N5O3S. The number of hydrogen-bond acceptors (Lipinski definition) is 6. The SMILES string of the molecule is O=C(Nc1nccs1)c1ccccc1Cn1cc([N+](=O)[O-])cn1. The number of carbonyl (C=O) groups excluding carboxylic acids is 1. The van der Waals surface area contributed by atoms with Crippen molar-refractivity contribution in [2.24, 2.45) is 0 Å². The molecule has 0 aliphatic carbocycles. The van der Waals surface area contributed by atoms with Gasteiger partial charge < -0.3 is 0 Å². The molecule has 0 aliphatic heterocycles. The summed E-state index contributed by atoms with van der Waals surface area (Å²) in [6, 6.07) is 7.03. The van der Waals surface area contributed by atoms with Gasteiger partial charge in [0.05, 0.1) is 11.5 Å². The van der Waals surface area contributed by atoms with Crippen LogP contribution in [0.2, 0.25) is 0 Å². The molecule has 0 unspecified atom stereocenters. The molecular weight excluding hydrogens is 318 g/mol. The highest BCUT2D eigenvalue weighted by molar-refractivity contribution is 7.13. The summed E-state index contributed by atoms with van der Waals surface area (Å²) in [6.07, 6.45) is 4.11. The van der Waals surface area contributed by atoms with Gasteiger partial charge >= 0.3 is 5.69 Å². The smallest absolute Gasteiger partial charge is 0.298 e. The zero-order chi connectivity index (χ0) is 16.2. The molecule has 1 N–H and O–H groups in total. The lowest BCUT2D eigenvalue weighted by atomic mass is 10.1. The van der Waals surface area contributed by atoms with Gasteiger partial charge in [0.15, 0.2) is 5.13 Å². The van der Waals surface area contributed by atoms with Crippen LogP contribution in [-0.4, -0.2) is 25.6 Å². The van der Waals surface area contributed by atoms with Crippen LogP contribution in [0.25, 0.3) is 0 Å². The van der Waals surface area contributed by atoms with E-state index < -0.39 is 4.92 Å². The fourth-order valence-corrected chi connectivity index (χ4v) is 2.56. The summed E-state index contributed by atoms with van der Waals surface area (Å²) in [5.74, 6) is -0.280. The summed E-state index contributed by atoms with van der Waals surface area (Å²) in [4.78, 5) is 26.6. The molecule has 0 saturated heterocycles. The molecule has 0 aliphatic rings. The van der Waals surface area contributed by atoms with Crippen LogP contribution in [0.1, 0.15) is 15.9 Å². The first kappa shape index (κ1) is 14.9. The van der Waals surface area contributed by atoms with Crippen LogP contribution < -0.4 is 5.32 Å². The van der Waals surface area contributed by atoms with Crippen molar-refractivity contribution in [2.75, 3.05) is 5.32 Å². The van der Waals surface area contributed by atoms with Crippen molar-refractivity contribution < 1.29 is 9.72 Å². The molecule has 9 heteroatoms. The number of carbonyl (C=O) groups is 1. The molecule has 0 saturated carbocycles. The van der Waals surface area contributed by atoms with Crippen LogP contribution in [0.5, 0.6) is 0 Å². The number of rotatable bonds is 5. The Kier molecular flexibility index (Phi) is 4.11. The van der Waals surface area contributed by atoms with Gasteiger partial charge in [-0.05, 0) is 11.6 Å². The Morgan fingerprint density at radius 3 is 2.91 bits per heavy atom. The molecule has 0 spiro atoms. The predicted octanol–water partition coefficient (Wildman–Crippen LogP) is 2.55. The van der Waals surface area contributed by atoms with Gasteiger partial charge in [-0.1, -0.05) is 18.2 Å². The highest BCUT2D eigenvalue weighted by Gasteiger charge is 2.14. The van der Waals surface area contributed by atoms with E-state index in [2.05, 4.69) is 15.4 Å². The second-order valence-electron chi connectivity index (χ2n) is 4.60. The minimum atomic E-state index is -0.509.